The first kappa shape index (κ1) is 24.4. The van der Waals surface area contributed by atoms with E-state index in [2.05, 4.69) is 41.5 Å². The van der Waals surface area contributed by atoms with Crippen LogP contribution in [0.4, 0.5) is 0 Å². The number of aliphatic hydroxyl groups is 1. The fourth-order valence-electron chi connectivity index (χ4n) is 7.25. The highest BCUT2D eigenvalue weighted by Gasteiger charge is 2.57. The van der Waals surface area contributed by atoms with Crippen molar-refractivity contribution in [1.29, 1.82) is 0 Å². The van der Waals surface area contributed by atoms with Crippen LogP contribution in [0.15, 0.2) is 29.3 Å². The Balaban J connectivity index is 1.85. The SMILES string of the molecule is CC(C)[Si](O[C@@H]1CCC[C@@]2(O)CCC3=C(C(=O)c4cccc(O)c4C3=O)[C@@H]12)(C(C)C)C(C)C. The zero-order chi connectivity index (χ0) is 24.3. The number of fused-ring (bicyclic) bond motifs is 3. The lowest BCUT2D eigenvalue weighted by molar-refractivity contribution is -0.0932. The van der Waals surface area contributed by atoms with Gasteiger partial charge in [0.25, 0.3) is 0 Å². The second-order valence-corrected chi connectivity index (χ2v) is 16.6. The maximum atomic E-state index is 13.8. The van der Waals surface area contributed by atoms with E-state index in [1.165, 1.54) is 6.07 Å². The molecule has 0 spiro atoms. The molecule has 3 aliphatic carbocycles. The van der Waals surface area contributed by atoms with Crippen molar-refractivity contribution in [2.24, 2.45) is 5.92 Å². The highest BCUT2D eigenvalue weighted by atomic mass is 28.4. The summed E-state index contributed by atoms with van der Waals surface area (Å²) < 4.78 is 7.17. The van der Waals surface area contributed by atoms with Crippen molar-refractivity contribution in [2.75, 3.05) is 0 Å². The number of benzene rings is 1. The summed E-state index contributed by atoms with van der Waals surface area (Å²) in [7, 11) is -2.27. The molecule has 1 saturated carbocycles. The Labute approximate surface area is 198 Å². The van der Waals surface area contributed by atoms with E-state index >= 15 is 0 Å². The second kappa shape index (κ2) is 8.47. The third-order valence-corrected chi connectivity index (χ3v) is 14.7. The maximum Gasteiger partial charge on any atom is 0.200 e. The van der Waals surface area contributed by atoms with Crippen molar-refractivity contribution in [3.05, 3.63) is 40.5 Å². The van der Waals surface area contributed by atoms with Crippen molar-refractivity contribution in [3.63, 3.8) is 0 Å². The molecule has 33 heavy (non-hydrogen) atoms. The number of carbonyl (C=O) groups excluding carboxylic acids is 2. The smallest absolute Gasteiger partial charge is 0.200 e. The fraction of sp³-hybridized carbons (Fsp3) is 0.630. The molecule has 3 atom stereocenters. The summed E-state index contributed by atoms with van der Waals surface area (Å²) in [6.45, 7) is 13.4. The van der Waals surface area contributed by atoms with E-state index in [1.807, 2.05) is 0 Å². The molecule has 1 aromatic rings. The minimum atomic E-state index is -2.27. The Kier molecular flexibility index (Phi) is 6.25. The van der Waals surface area contributed by atoms with Crippen molar-refractivity contribution >= 4 is 19.9 Å². The molecule has 3 aliphatic rings. The van der Waals surface area contributed by atoms with Crippen molar-refractivity contribution in [3.8, 4) is 5.75 Å². The Hall–Kier alpha value is -1.76. The number of carbonyl (C=O) groups is 2. The summed E-state index contributed by atoms with van der Waals surface area (Å²) in [4.78, 5) is 27.2. The lowest BCUT2D eigenvalue weighted by Crippen LogP contribution is -2.59. The van der Waals surface area contributed by atoms with E-state index in [1.54, 1.807) is 12.1 Å². The number of phenols is 1. The summed E-state index contributed by atoms with van der Waals surface area (Å²) in [5, 5.41) is 22.1. The summed E-state index contributed by atoms with van der Waals surface area (Å²) in [5.74, 6) is -1.17. The first-order valence-electron chi connectivity index (χ1n) is 12.5. The zero-order valence-corrected chi connectivity index (χ0v) is 21.8. The molecule has 0 aromatic heterocycles. The van der Waals surface area contributed by atoms with Gasteiger partial charge in [0.1, 0.15) is 5.75 Å². The highest BCUT2D eigenvalue weighted by molar-refractivity contribution is 6.77. The van der Waals surface area contributed by atoms with Crippen LogP contribution in [0.1, 0.15) is 94.4 Å². The number of phenolic OH excluding ortho intramolecular Hbond substituents is 1. The van der Waals surface area contributed by atoms with Gasteiger partial charge >= 0.3 is 0 Å². The molecule has 0 aliphatic heterocycles. The molecular formula is C27H38O5Si. The second-order valence-electron chi connectivity index (χ2n) is 11.2. The van der Waals surface area contributed by atoms with Gasteiger partial charge in [-0.1, -0.05) is 53.7 Å². The molecule has 0 saturated heterocycles. The zero-order valence-electron chi connectivity index (χ0n) is 20.8. The van der Waals surface area contributed by atoms with E-state index in [9.17, 15) is 19.8 Å². The standard InChI is InChI=1S/C27H38O5Si/c1-15(2)33(16(3)4,17(5)6)32-21-11-8-13-27(31)14-12-19-23(24(21)27)26(30)18-9-7-10-20(28)22(18)25(19)29/h7,9-10,15-17,21,24,28,31H,8,11-14H2,1-6H3/t21-,24-,27-/m1/s1. The van der Waals surface area contributed by atoms with Gasteiger partial charge in [0.05, 0.1) is 17.3 Å². The Morgan fingerprint density at radius 2 is 1.64 bits per heavy atom. The van der Waals surface area contributed by atoms with Crippen LogP contribution in [-0.4, -0.2) is 41.8 Å². The van der Waals surface area contributed by atoms with Gasteiger partial charge in [-0.2, -0.15) is 0 Å². The van der Waals surface area contributed by atoms with E-state index in [4.69, 9.17) is 4.43 Å². The summed E-state index contributed by atoms with van der Waals surface area (Å²) in [6.07, 6.45) is 2.75. The molecule has 1 aromatic carbocycles. The van der Waals surface area contributed by atoms with Gasteiger partial charge in [-0.3, -0.25) is 9.59 Å². The normalized spacial score (nSPS) is 27.8. The van der Waals surface area contributed by atoms with Gasteiger partial charge in [-0.15, -0.1) is 0 Å². The van der Waals surface area contributed by atoms with Gasteiger partial charge in [0.2, 0.25) is 8.32 Å². The van der Waals surface area contributed by atoms with Gasteiger partial charge in [0, 0.05) is 22.6 Å². The molecule has 0 unspecified atom stereocenters. The van der Waals surface area contributed by atoms with Gasteiger partial charge in [-0.25, -0.2) is 0 Å². The number of Topliss-reactive ketones (excluding diaryl/α,β-unsaturated/α-hetero) is 2. The lowest BCUT2D eigenvalue weighted by atomic mass is 9.60. The summed E-state index contributed by atoms with van der Waals surface area (Å²) in [6, 6.07) is 4.67. The molecule has 1 fully saturated rings. The van der Waals surface area contributed by atoms with E-state index in [0.717, 1.165) is 12.8 Å². The van der Waals surface area contributed by atoms with E-state index in [0.29, 0.717) is 47.0 Å². The molecular weight excluding hydrogens is 432 g/mol. The minimum absolute atomic E-state index is 0.107. The van der Waals surface area contributed by atoms with Crippen molar-refractivity contribution in [1.82, 2.24) is 0 Å². The van der Waals surface area contributed by atoms with Crippen LogP contribution in [0.25, 0.3) is 0 Å². The number of aromatic hydroxyl groups is 1. The number of rotatable bonds is 5. The monoisotopic (exact) mass is 470 g/mol. The predicted octanol–water partition coefficient (Wildman–Crippen LogP) is 5.95. The molecule has 6 heteroatoms. The quantitative estimate of drug-likeness (QED) is 0.519. The van der Waals surface area contributed by atoms with E-state index in [-0.39, 0.29) is 34.5 Å². The topological polar surface area (TPSA) is 83.8 Å². The van der Waals surface area contributed by atoms with Crippen molar-refractivity contribution < 1.29 is 24.2 Å². The average Bonchev–Trinajstić information content (AvgIpc) is 2.73. The van der Waals surface area contributed by atoms with Crippen LogP contribution in [0, 0.1) is 5.92 Å². The first-order chi connectivity index (χ1) is 15.5. The highest BCUT2D eigenvalue weighted by Crippen LogP contribution is 2.53. The number of hydrogen-bond donors (Lipinski definition) is 2. The lowest BCUT2D eigenvalue weighted by Gasteiger charge is -2.53. The van der Waals surface area contributed by atoms with Crippen LogP contribution in [0.5, 0.6) is 5.75 Å². The third-order valence-electron chi connectivity index (χ3n) is 8.59. The largest absolute Gasteiger partial charge is 0.507 e. The van der Waals surface area contributed by atoms with Crippen LogP contribution < -0.4 is 0 Å². The summed E-state index contributed by atoms with van der Waals surface area (Å²) >= 11 is 0. The Morgan fingerprint density at radius 1 is 1.00 bits per heavy atom. The molecule has 4 rings (SSSR count). The first-order valence-corrected chi connectivity index (χ1v) is 14.6. The van der Waals surface area contributed by atoms with E-state index < -0.39 is 19.8 Å². The average molecular weight is 471 g/mol. The Morgan fingerprint density at radius 3 is 2.24 bits per heavy atom. The predicted molar refractivity (Wildman–Crippen MR) is 131 cm³/mol. The van der Waals surface area contributed by atoms with Gasteiger partial charge in [0.15, 0.2) is 11.6 Å². The van der Waals surface area contributed by atoms with Gasteiger partial charge in [-0.05, 0) is 54.8 Å². The number of allylic oxidation sites excluding steroid dienone is 1. The van der Waals surface area contributed by atoms with Crippen LogP contribution in [0.2, 0.25) is 16.6 Å². The van der Waals surface area contributed by atoms with Gasteiger partial charge < -0.3 is 14.6 Å². The minimum Gasteiger partial charge on any atom is -0.507 e. The fourth-order valence-corrected chi connectivity index (χ4v) is 12.8. The number of ketones is 2. The third kappa shape index (κ3) is 3.56. The molecule has 0 amide bonds. The van der Waals surface area contributed by atoms with Crippen LogP contribution in [0.3, 0.4) is 0 Å². The van der Waals surface area contributed by atoms with Crippen LogP contribution in [-0.2, 0) is 4.43 Å². The molecule has 180 valence electrons. The van der Waals surface area contributed by atoms with Crippen molar-refractivity contribution in [2.45, 2.75) is 102 Å². The summed E-state index contributed by atoms with van der Waals surface area (Å²) in [5.41, 5.74) is 1.35. The maximum absolute atomic E-state index is 13.8. The molecule has 5 nitrogen and oxygen atoms in total. The molecule has 0 bridgehead atoms. The number of hydrogen-bond acceptors (Lipinski definition) is 5. The van der Waals surface area contributed by atoms with Crippen LogP contribution >= 0.6 is 0 Å². The molecule has 0 radical (unpaired) electrons. The molecule has 2 N–H and O–H groups in total. The molecule has 0 heterocycles. The Bertz CT molecular complexity index is 986.